The molecule has 1 saturated heterocycles. The molecule has 2 aromatic heterocycles. The summed E-state index contributed by atoms with van der Waals surface area (Å²) in [5, 5.41) is 3.93. The predicted octanol–water partition coefficient (Wildman–Crippen LogP) is 1.74. The zero-order chi connectivity index (χ0) is 19.4. The Hall–Kier alpha value is -2.16. The van der Waals surface area contributed by atoms with Crippen LogP contribution in [-0.2, 0) is 22.6 Å². The number of aromatic nitrogens is 2. The number of rotatable bonds is 7. The summed E-state index contributed by atoms with van der Waals surface area (Å²) in [5.74, 6) is 0.360. The number of likely N-dealkylation sites (N-methyl/N-ethyl adjacent to an activating group) is 1. The molecule has 8 heteroatoms. The molecule has 8 nitrogen and oxygen atoms in total. The zero-order valence-corrected chi connectivity index (χ0v) is 16.4. The van der Waals surface area contributed by atoms with Gasteiger partial charge in [0.05, 0.1) is 12.7 Å². The number of hydrogen-bond donors (Lipinski definition) is 1. The van der Waals surface area contributed by atoms with Crippen molar-refractivity contribution >= 4 is 5.91 Å². The fourth-order valence-electron chi connectivity index (χ4n) is 3.38. The van der Waals surface area contributed by atoms with E-state index in [1.807, 2.05) is 13.8 Å². The number of carbonyl (C=O) groups excluding carboxylic acids is 1. The van der Waals surface area contributed by atoms with Crippen LogP contribution in [0.5, 0.6) is 0 Å². The first-order chi connectivity index (χ1) is 13.0. The van der Waals surface area contributed by atoms with Gasteiger partial charge in [-0.15, -0.1) is 0 Å². The van der Waals surface area contributed by atoms with E-state index in [0.29, 0.717) is 25.5 Å². The Morgan fingerprint density at radius 3 is 2.93 bits per heavy atom. The number of H-pyrrole nitrogens is 1. The third-order valence-corrected chi connectivity index (χ3v) is 4.74. The second-order valence-electron chi connectivity index (χ2n) is 7.15. The van der Waals surface area contributed by atoms with Crippen LogP contribution in [0.4, 0.5) is 0 Å². The number of nitrogens with zero attached hydrogens (tertiary/aromatic N) is 3. The van der Waals surface area contributed by atoms with Crippen molar-refractivity contribution in [1.82, 2.24) is 19.9 Å². The van der Waals surface area contributed by atoms with Gasteiger partial charge < -0.3 is 28.8 Å². The third kappa shape index (κ3) is 4.97. The Morgan fingerprint density at radius 1 is 1.44 bits per heavy atom. The third-order valence-electron chi connectivity index (χ3n) is 4.74. The number of aromatic amines is 1. The highest BCUT2D eigenvalue weighted by atomic mass is 16.5. The SMILES string of the molecule is COCc1cc(C(=O)N(Cc2cc(C)[nH]c2C)C[C@@H]2CN(C)CCO2)no1. The molecular weight excluding hydrogens is 348 g/mol. The summed E-state index contributed by atoms with van der Waals surface area (Å²) in [7, 11) is 3.64. The monoisotopic (exact) mass is 376 g/mol. The van der Waals surface area contributed by atoms with Gasteiger partial charge in [-0.05, 0) is 32.5 Å². The van der Waals surface area contributed by atoms with Crippen molar-refractivity contribution in [3.63, 3.8) is 0 Å². The molecule has 0 aromatic carbocycles. The molecule has 2 aromatic rings. The van der Waals surface area contributed by atoms with E-state index in [0.717, 1.165) is 30.0 Å². The van der Waals surface area contributed by atoms with Gasteiger partial charge >= 0.3 is 0 Å². The molecule has 27 heavy (non-hydrogen) atoms. The topological polar surface area (TPSA) is 83.8 Å². The molecule has 0 radical (unpaired) electrons. The molecule has 1 amide bonds. The lowest BCUT2D eigenvalue weighted by Gasteiger charge is -2.33. The number of carbonyl (C=O) groups is 1. The Bertz CT molecular complexity index is 770. The first-order valence-electron chi connectivity index (χ1n) is 9.15. The lowest BCUT2D eigenvalue weighted by Crippen LogP contribution is -2.47. The number of aryl methyl sites for hydroxylation is 2. The molecule has 1 N–H and O–H groups in total. The van der Waals surface area contributed by atoms with Gasteiger partial charge in [-0.3, -0.25) is 4.79 Å². The molecule has 1 atom stereocenters. The second-order valence-corrected chi connectivity index (χ2v) is 7.15. The van der Waals surface area contributed by atoms with Crippen molar-refractivity contribution in [3.05, 3.63) is 40.5 Å². The predicted molar refractivity (Wildman–Crippen MR) is 99.5 cm³/mol. The number of nitrogens with one attached hydrogen (secondary N) is 1. The van der Waals surface area contributed by atoms with Crippen LogP contribution >= 0.6 is 0 Å². The molecule has 0 spiro atoms. The quantitative estimate of drug-likeness (QED) is 0.792. The van der Waals surface area contributed by atoms with Crippen LogP contribution in [0.3, 0.4) is 0 Å². The molecule has 1 fully saturated rings. The van der Waals surface area contributed by atoms with Crippen LogP contribution in [0.15, 0.2) is 16.7 Å². The highest BCUT2D eigenvalue weighted by Gasteiger charge is 2.27. The van der Waals surface area contributed by atoms with Gasteiger partial charge in [0.15, 0.2) is 11.5 Å². The van der Waals surface area contributed by atoms with Gasteiger partial charge in [0, 0.05) is 50.7 Å². The molecule has 0 unspecified atom stereocenters. The fourth-order valence-corrected chi connectivity index (χ4v) is 3.38. The summed E-state index contributed by atoms with van der Waals surface area (Å²) in [6.45, 7) is 7.68. The van der Waals surface area contributed by atoms with Crippen LogP contribution < -0.4 is 0 Å². The van der Waals surface area contributed by atoms with Crippen molar-refractivity contribution in [3.8, 4) is 0 Å². The highest BCUT2D eigenvalue weighted by Crippen LogP contribution is 2.17. The van der Waals surface area contributed by atoms with Gasteiger partial charge in [0.1, 0.15) is 6.61 Å². The summed E-state index contributed by atoms with van der Waals surface area (Å²) in [6.07, 6.45) is -0.0293. The largest absolute Gasteiger partial charge is 0.377 e. The number of methoxy groups -OCH3 is 1. The van der Waals surface area contributed by atoms with Crippen molar-refractivity contribution in [2.75, 3.05) is 40.4 Å². The molecule has 1 aliphatic heterocycles. The molecule has 148 valence electrons. The lowest BCUT2D eigenvalue weighted by molar-refractivity contribution is -0.0337. The summed E-state index contributed by atoms with van der Waals surface area (Å²) < 4.78 is 16.1. The minimum atomic E-state index is -0.170. The molecule has 0 aliphatic carbocycles. The maximum atomic E-state index is 13.1. The maximum Gasteiger partial charge on any atom is 0.276 e. The average molecular weight is 376 g/mol. The minimum absolute atomic E-state index is 0.0293. The summed E-state index contributed by atoms with van der Waals surface area (Å²) >= 11 is 0. The standard InChI is InChI=1S/C19H28N4O4/c1-13-7-15(14(2)20-13)9-23(11-17-10-22(3)5-6-26-17)19(24)18-8-16(12-25-4)27-21-18/h7-8,17,20H,5-6,9-12H2,1-4H3/t17-/m0/s1. The van der Waals surface area contributed by atoms with Gasteiger partial charge in [-0.2, -0.15) is 0 Å². The molecule has 0 bridgehead atoms. The van der Waals surface area contributed by atoms with Crippen LogP contribution in [0.25, 0.3) is 0 Å². The van der Waals surface area contributed by atoms with E-state index in [4.69, 9.17) is 14.0 Å². The van der Waals surface area contributed by atoms with Crippen molar-refractivity contribution in [1.29, 1.82) is 0 Å². The summed E-state index contributed by atoms with van der Waals surface area (Å²) in [6, 6.07) is 3.71. The van der Waals surface area contributed by atoms with Crippen molar-refractivity contribution < 1.29 is 18.8 Å². The Kier molecular flexibility index (Phi) is 6.30. The molecule has 1 aliphatic rings. The Labute approximate surface area is 159 Å². The van der Waals surface area contributed by atoms with Crippen LogP contribution in [0.2, 0.25) is 0 Å². The number of ether oxygens (including phenoxy) is 2. The normalized spacial score (nSPS) is 18.0. The van der Waals surface area contributed by atoms with E-state index >= 15 is 0 Å². The number of morpholine rings is 1. The second kappa shape index (κ2) is 8.69. The Balaban J connectivity index is 1.78. The number of amides is 1. The summed E-state index contributed by atoms with van der Waals surface area (Å²) in [4.78, 5) is 20.4. The van der Waals surface area contributed by atoms with E-state index in [1.165, 1.54) is 0 Å². The molecular formula is C19H28N4O4. The Morgan fingerprint density at radius 2 is 2.26 bits per heavy atom. The fraction of sp³-hybridized carbons (Fsp3) is 0.579. The van der Waals surface area contributed by atoms with E-state index in [-0.39, 0.29) is 24.3 Å². The lowest BCUT2D eigenvalue weighted by atomic mass is 10.2. The van der Waals surface area contributed by atoms with E-state index < -0.39 is 0 Å². The van der Waals surface area contributed by atoms with E-state index in [2.05, 4.69) is 28.2 Å². The van der Waals surface area contributed by atoms with Crippen LogP contribution in [0.1, 0.15) is 33.2 Å². The van der Waals surface area contributed by atoms with Crippen LogP contribution in [-0.4, -0.2) is 72.4 Å². The molecule has 0 saturated carbocycles. The van der Waals surface area contributed by atoms with E-state index in [9.17, 15) is 4.79 Å². The van der Waals surface area contributed by atoms with E-state index in [1.54, 1.807) is 18.1 Å². The molecule has 3 heterocycles. The first kappa shape index (κ1) is 19.6. The smallest absolute Gasteiger partial charge is 0.276 e. The van der Waals surface area contributed by atoms with Crippen molar-refractivity contribution in [2.45, 2.75) is 33.1 Å². The minimum Gasteiger partial charge on any atom is -0.377 e. The molecule has 3 rings (SSSR count). The summed E-state index contributed by atoms with van der Waals surface area (Å²) in [5.41, 5.74) is 3.52. The van der Waals surface area contributed by atoms with Crippen LogP contribution in [0, 0.1) is 13.8 Å². The van der Waals surface area contributed by atoms with Gasteiger partial charge in [-0.1, -0.05) is 5.16 Å². The van der Waals surface area contributed by atoms with Gasteiger partial charge in [0.25, 0.3) is 5.91 Å². The maximum absolute atomic E-state index is 13.1. The highest BCUT2D eigenvalue weighted by molar-refractivity contribution is 5.92. The van der Waals surface area contributed by atoms with Gasteiger partial charge in [-0.25, -0.2) is 0 Å². The van der Waals surface area contributed by atoms with Gasteiger partial charge in [0.2, 0.25) is 0 Å². The first-order valence-corrected chi connectivity index (χ1v) is 9.15. The zero-order valence-electron chi connectivity index (χ0n) is 16.4. The van der Waals surface area contributed by atoms with Crippen molar-refractivity contribution in [2.24, 2.45) is 0 Å². The number of hydrogen-bond acceptors (Lipinski definition) is 6. The average Bonchev–Trinajstić information content (AvgIpc) is 3.20.